The van der Waals surface area contributed by atoms with Gasteiger partial charge in [0.05, 0.1) is 4.92 Å². The Bertz CT molecular complexity index is 793. The third-order valence-electron chi connectivity index (χ3n) is 3.80. The van der Waals surface area contributed by atoms with Crippen LogP contribution in [-0.4, -0.2) is 35.1 Å². The number of rotatable bonds is 8. The average molecular weight is 358 g/mol. The van der Waals surface area contributed by atoms with Crippen molar-refractivity contribution in [3.8, 4) is 0 Å². The fourth-order valence-corrected chi connectivity index (χ4v) is 2.55. The number of amides is 1. The summed E-state index contributed by atoms with van der Waals surface area (Å²) in [6, 6.07) is 13.1. The Kier molecular flexibility index (Phi) is 6.40. The van der Waals surface area contributed by atoms with Crippen LogP contribution >= 0.6 is 0 Å². The maximum absolute atomic E-state index is 12.5. The number of carboxylic acids is 1. The van der Waals surface area contributed by atoms with E-state index < -0.39 is 28.9 Å². The van der Waals surface area contributed by atoms with E-state index in [4.69, 9.17) is 4.74 Å². The van der Waals surface area contributed by atoms with E-state index in [2.05, 4.69) is 5.32 Å². The van der Waals surface area contributed by atoms with Crippen molar-refractivity contribution in [2.75, 3.05) is 7.11 Å². The van der Waals surface area contributed by atoms with Crippen LogP contribution in [0.25, 0.3) is 0 Å². The molecule has 0 spiro atoms. The first-order valence-electron chi connectivity index (χ1n) is 7.77. The number of ether oxygens (including phenoxy) is 1. The molecule has 8 nitrogen and oxygen atoms in total. The molecule has 2 aromatic rings. The predicted molar refractivity (Wildman–Crippen MR) is 92.6 cm³/mol. The van der Waals surface area contributed by atoms with Crippen LogP contribution in [0.1, 0.15) is 17.2 Å². The summed E-state index contributed by atoms with van der Waals surface area (Å²) in [5, 5.41) is 22.9. The lowest BCUT2D eigenvalue weighted by molar-refractivity contribution is -0.385. The summed E-state index contributed by atoms with van der Waals surface area (Å²) in [5.41, 5.74) is 0.598. The van der Waals surface area contributed by atoms with Crippen LogP contribution in [0.15, 0.2) is 54.6 Å². The SMILES string of the molecule is CO[C@@H](C(=O)N[C@H](Cc1ccccc1[N+](=O)[O-])C(=O)O)c1ccccc1. The molecule has 0 aliphatic carbocycles. The number of carbonyl (C=O) groups excluding carboxylic acids is 1. The molecule has 2 rings (SSSR count). The Labute approximate surface area is 149 Å². The molecule has 0 fully saturated rings. The molecule has 0 radical (unpaired) electrons. The topological polar surface area (TPSA) is 119 Å². The van der Waals surface area contributed by atoms with Crippen LogP contribution < -0.4 is 5.32 Å². The molecule has 26 heavy (non-hydrogen) atoms. The van der Waals surface area contributed by atoms with Gasteiger partial charge in [0.2, 0.25) is 0 Å². The van der Waals surface area contributed by atoms with Gasteiger partial charge in [-0.1, -0.05) is 48.5 Å². The number of benzene rings is 2. The number of carbonyl (C=O) groups is 2. The highest BCUT2D eigenvalue weighted by molar-refractivity contribution is 5.87. The van der Waals surface area contributed by atoms with Crippen molar-refractivity contribution in [1.29, 1.82) is 0 Å². The van der Waals surface area contributed by atoms with Gasteiger partial charge in [0, 0.05) is 25.2 Å². The number of carboxylic acid groups (broad SMARTS) is 1. The Hall–Kier alpha value is -3.26. The van der Waals surface area contributed by atoms with Crippen LogP contribution in [0.3, 0.4) is 0 Å². The summed E-state index contributed by atoms with van der Waals surface area (Å²) in [5.74, 6) is -1.93. The first-order chi connectivity index (χ1) is 12.4. The Morgan fingerprint density at radius 1 is 1.15 bits per heavy atom. The quantitative estimate of drug-likeness (QED) is 0.551. The average Bonchev–Trinajstić information content (AvgIpc) is 2.63. The number of hydrogen-bond acceptors (Lipinski definition) is 5. The maximum Gasteiger partial charge on any atom is 0.326 e. The molecular weight excluding hydrogens is 340 g/mol. The molecule has 0 aliphatic rings. The van der Waals surface area contributed by atoms with Crippen LogP contribution in [0.5, 0.6) is 0 Å². The third kappa shape index (κ3) is 4.64. The van der Waals surface area contributed by atoms with E-state index in [1.54, 1.807) is 36.4 Å². The highest BCUT2D eigenvalue weighted by atomic mass is 16.6. The van der Waals surface area contributed by atoms with Crippen molar-refractivity contribution in [2.24, 2.45) is 0 Å². The normalized spacial score (nSPS) is 12.8. The largest absolute Gasteiger partial charge is 0.480 e. The second kappa shape index (κ2) is 8.72. The monoisotopic (exact) mass is 358 g/mol. The summed E-state index contributed by atoms with van der Waals surface area (Å²) in [4.78, 5) is 34.5. The van der Waals surface area contributed by atoms with Gasteiger partial charge in [-0.25, -0.2) is 4.79 Å². The molecule has 2 atom stereocenters. The van der Waals surface area contributed by atoms with Gasteiger partial charge in [0.15, 0.2) is 6.10 Å². The summed E-state index contributed by atoms with van der Waals surface area (Å²) in [6.07, 6.45) is -1.20. The predicted octanol–water partition coefficient (Wildman–Crippen LogP) is 2.09. The summed E-state index contributed by atoms with van der Waals surface area (Å²) >= 11 is 0. The minimum atomic E-state index is -1.33. The molecule has 0 aromatic heterocycles. The lowest BCUT2D eigenvalue weighted by Crippen LogP contribution is -2.44. The minimum absolute atomic E-state index is 0.195. The van der Waals surface area contributed by atoms with Crippen molar-refractivity contribution in [1.82, 2.24) is 5.32 Å². The molecular formula is C18H18N2O6. The molecule has 0 heterocycles. The highest BCUT2D eigenvalue weighted by Crippen LogP contribution is 2.21. The third-order valence-corrected chi connectivity index (χ3v) is 3.80. The number of methoxy groups -OCH3 is 1. The number of nitro groups is 1. The van der Waals surface area contributed by atoms with Crippen LogP contribution in [0.4, 0.5) is 5.69 Å². The first kappa shape index (κ1) is 19.1. The van der Waals surface area contributed by atoms with Gasteiger partial charge in [-0.3, -0.25) is 14.9 Å². The zero-order chi connectivity index (χ0) is 19.1. The highest BCUT2D eigenvalue weighted by Gasteiger charge is 2.28. The van der Waals surface area contributed by atoms with Crippen molar-refractivity contribution in [3.05, 3.63) is 75.8 Å². The molecule has 0 aliphatic heterocycles. The van der Waals surface area contributed by atoms with Crippen LogP contribution in [0.2, 0.25) is 0 Å². The molecule has 136 valence electrons. The Morgan fingerprint density at radius 3 is 2.35 bits per heavy atom. The lowest BCUT2D eigenvalue weighted by Gasteiger charge is -2.20. The molecule has 0 saturated carbocycles. The van der Waals surface area contributed by atoms with E-state index in [1.165, 1.54) is 25.3 Å². The fourth-order valence-electron chi connectivity index (χ4n) is 2.55. The molecule has 2 aromatic carbocycles. The Morgan fingerprint density at radius 2 is 1.77 bits per heavy atom. The number of nitro benzene ring substituents is 1. The molecule has 1 amide bonds. The summed E-state index contributed by atoms with van der Waals surface area (Å²) in [7, 11) is 1.34. The molecule has 0 bridgehead atoms. The standard InChI is InChI=1S/C18H18N2O6/c1-26-16(12-7-3-2-4-8-12)17(21)19-14(18(22)23)11-13-9-5-6-10-15(13)20(24)25/h2-10,14,16H,11H2,1H3,(H,19,21)(H,22,23)/t14-,16-/m1/s1. The zero-order valence-electron chi connectivity index (χ0n) is 14.0. The fraction of sp³-hybridized carbons (Fsp3) is 0.222. The lowest BCUT2D eigenvalue weighted by atomic mass is 10.0. The van der Waals surface area contributed by atoms with E-state index >= 15 is 0 Å². The van der Waals surface area contributed by atoms with E-state index in [0.717, 1.165) is 0 Å². The number of hydrogen-bond donors (Lipinski definition) is 2. The van der Waals surface area contributed by atoms with Crippen LogP contribution in [-0.2, 0) is 20.7 Å². The van der Waals surface area contributed by atoms with Crippen molar-refractivity contribution < 1.29 is 24.4 Å². The van der Waals surface area contributed by atoms with Crippen molar-refractivity contribution >= 4 is 17.6 Å². The summed E-state index contributed by atoms with van der Waals surface area (Å²) < 4.78 is 5.18. The second-order valence-electron chi connectivity index (χ2n) is 5.52. The molecule has 0 unspecified atom stereocenters. The van der Waals surface area contributed by atoms with Gasteiger partial charge in [-0.2, -0.15) is 0 Å². The number of aliphatic carboxylic acids is 1. The molecule has 8 heteroatoms. The molecule has 2 N–H and O–H groups in total. The van der Waals surface area contributed by atoms with Crippen LogP contribution in [0, 0.1) is 10.1 Å². The van der Waals surface area contributed by atoms with Gasteiger partial charge in [-0.15, -0.1) is 0 Å². The van der Waals surface area contributed by atoms with Gasteiger partial charge >= 0.3 is 5.97 Å². The molecule has 0 saturated heterocycles. The second-order valence-corrected chi connectivity index (χ2v) is 5.52. The number of nitrogens with zero attached hydrogens (tertiary/aromatic N) is 1. The maximum atomic E-state index is 12.5. The van der Waals surface area contributed by atoms with E-state index in [-0.39, 0.29) is 17.7 Å². The Balaban J connectivity index is 2.19. The smallest absolute Gasteiger partial charge is 0.326 e. The van der Waals surface area contributed by atoms with Gasteiger partial charge < -0.3 is 15.2 Å². The zero-order valence-corrected chi connectivity index (χ0v) is 14.0. The summed E-state index contributed by atoms with van der Waals surface area (Å²) in [6.45, 7) is 0. The minimum Gasteiger partial charge on any atom is -0.480 e. The van der Waals surface area contributed by atoms with Gasteiger partial charge in [0.1, 0.15) is 6.04 Å². The van der Waals surface area contributed by atoms with E-state index in [0.29, 0.717) is 5.56 Å². The first-order valence-corrected chi connectivity index (χ1v) is 7.77. The van der Waals surface area contributed by atoms with Gasteiger partial charge in [0.25, 0.3) is 11.6 Å². The van der Waals surface area contributed by atoms with Crippen molar-refractivity contribution in [2.45, 2.75) is 18.6 Å². The number of para-hydroxylation sites is 1. The van der Waals surface area contributed by atoms with Gasteiger partial charge in [-0.05, 0) is 5.56 Å². The van der Waals surface area contributed by atoms with E-state index in [1.807, 2.05) is 0 Å². The van der Waals surface area contributed by atoms with E-state index in [9.17, 15) is 24.8 Å². The number of nitrogens with one attached hydrogen (secondary N) is 1. The van der Waals surface area contributed by atoms with Crippen molar-refractivity contribution in [3.63, 3.8) is 0 Å².